The summed E-state index contributed by atoms with van der Waals surface area (Å²) in [6.45, 7) is 0.355. The predicted octanol–water partition coefficient (Wildman–Crippen LogP) is 3.10. The number of hydrogen-bond acceptors (Lipinski definition) is 6. The van der Waals surface area contributed by atoms with Crippen LogP contribution in [0.25, 0.3) is 6.08 Å². The molecule has 1 fully saturated rings. The van der Waals surface area contributed by atoms with Gasteiger partial charge in [-0.3, -0.25) is 4.79 Å². The molecular weight excluding hydrogens is 469 g/mol. The molecule has 0 radical (unpaired) electrons. The number of rotatable bonds is 5. The van der Waals surface area contributed by atoms with Gasteiger partial charge in [0, 0.05) is 37.6 Å². The predicted molar refractivity (Wildman–Crippen MR) is 111 cm³/mol. The molecule has 0 saturated carbocycles. The molecule has 7 nitrogen and oxygen atoms in total. The van der Waals surface area contributed by atoms with E-state index >= 15 is 0 Å². The molecule has 2 aromatic rings. The lowest BCUT2D eigenvalue weighted by molar-refractivity contribution is -0.137. The van der Waals surface area contributed by atoms with Crippen molar-refractivity contribution in [2.75, 3.05) is 33.3 Å². The van der Waals surface area contributed by atoms with Crippen LogP contribution in [0.5, 0.6) is 0 Å². The topological polar surface area (TPSA) is 84.0 Å². The minimum atomic E-state index is -4.48. The van der Waals surface area contributed by atoms with E-state index in [4.69, 9.17) is 0 Å². The molecule has 0 N–H and O–H groups in total. The summed E-state index contributed by atoms with van der Waals surface area (Å²) in [5.41, 5.74) is -0.437. The van der Waals surface area contributed by atoms with E-state index in [0.29, 0.717) is 0 Å². The molecule has 0 atom stereocenters. The molecule has 1 aliphatic rings. The lowest BCUT2D eigenvalue weighted by atomic mass is 10.1. The molecule has 0 aliphatic carbocycles. The molecule has 0 unspecified atom stereocenters. The summed E-state index contributed by atoms with van der Waals surface area (Å²) in [5.74, 6) is -1.06. The number of hydrogen-bond donors (Lipinski definition) is 0. The van der Waals surface area contributed by atoms with Crippen molar-refractivity contribution in [3.8, 4) is 0 Å². The van der Waals surface area contributed by atoms with Crippen molar-refractivity contribution in [1.82, 2.24) is 9.21 Å². The van der Waals surface area contributed by atoms with Crippen LogP contribution in [0.3, 0.4) is 0 Å². The third kappa shape index (κ3) is 5.37. The first-order chi connectivity index (χ1) is 15.0. The summed E-state index contributed by atoms with van der Waals surface area (Å²) >= 11 is 0.907. The number of sulfonamides is 1. The van der Waals surface area contributed by atoms with Crippen molar-refractivity contribution >= 4 is 39.3 Å². The van der Waals surface area contributed by atoms with E-state index < -0.39 is 33.6 Å². The summed E-state index contributed by atoms with van der Waals surface area (Å²) in [6.07, 6.45) is -2.02. The molecule has 0 spiro atoms. The van der Waals surface area contributed by atoms with Gasteiger partial charge in [0.15, 0.2) is 0 Å². The van der Waals surface area contributed by atoms with Gasteiger partial charge in [-0.2, -0.15) is 17.5 Å². The lowest BCUT2D eigenvalue weighted by Gasteiger charge is -2.33. The Morgan fingerprint density at radius 1 is 1.12 bits per heavy atom. The molecule has 12 heteroatoms. The highest BCUT2D eigenvalue weighted by molar-refractivity contribution is 7.91. The number of benzene rings is 1. The fourth-order valence-electron chi connectivity index (χ4n) is 3.04. The van der Waals surface area contributed by atoms with Crippen LogP contribution in [0.1, 0.15) is 21.5 Å². The normalized spacial score (nSPS) is 15.8. The van der Waals surface area contributed by atoms with Gasteiger partial charge in [0.05, 0.1) is 18.2 Å². The Balaban J connectivity index is 1.61. The summed E-state index contributed by atoms with van der Waals surface area (Å²) in [6, 6.07) is 5.85. The number of carbonyl (C=O) groups excluding carboxylic acids is 2. The van der Waals surface area contributed by atoms with Crippen molar-refractivity contribution < 1.29 is 35.9 Å². The second-order valence-electron chi connectivity index (χ2n) is 6.83. The number of methoxy groups -OCH3 is 1. The summed E-state index contributed by atoms with van der Waals surface area (Å²) in [5, 5.41) is 1.40. The van der Waals surface area contributed by atoms with Crippen molar-refractivity contribution in [1.29, 1.82) is 0 Å². The minimum Gasteiger partial charge on any atom is -0.465 e. The molecule has 32 heavy (non-hydrogen) atoms. The van der Waals surface area contributed by atoms with E-state index in [1.807, 2.05) is 0 Å². The van der Waals surface area contributed by atoms with Gasteiger partial charge in [-0.05, 0) is 29.8 Å². The Kier molecular flexibility index (Phi) is 7.06. The number of halogens is 3. The molecule has 3 rings (SSSR count). The molecule has 1 amide bonds. The van der Waals surface area contributed by atoms with Crippen LogP contribution in [0, 0.1) is 0 Å². The molecule has 172 valence electrons. The molecule has 1 aliphatic heterocycles. The smallest absolute Gasteiger partial charge is 0.416 e. The third-order valence-electron chi connectivity index (χ3n) is 4.77. The van der Waals surface area contributed by atoms with Crippen LogP contribution in [-0.2, 0) is 25.7 Å². The second-order valence-corrected chi connectivity index (χ2v) is 9.91. The molecular formula is C20H19F3N2O5S2. The van der Waals surface area contributed by atoms with Gasteiger partial charge in [-0.25, -0.2) is 13.2 Å². The summed E-state index contributed by atoms with van der Waals surface area (Å²) in [4.78, 5) is 25.4. The number of carbonyl (C=O) groups is 2. The molecule has 1 aromatic carbocycles. The Morgan fingerprint density at radius 3 is 2.44 bits per heavy atom. The zero-order chi connectivity index (χ0) is 23.5. The average Bonchev–Trinajstić information content (AvgIpc) is 3.28. The number of nitrogens with zero attached hydrogens (tertiary/aromatic N) is 2. The van der Waals surface area contributed by atoms with Gasteiger partial charge in [0.2, 0.25) is 5.91 Å². The molecule has 0 bridgehead atoms. The lowest BCUT2D eigenvalue weighted by Crippen LogP contribution is -2.50. The largest absolute Gasteiger partial charge is 0.465 e. The zero-order valence-corrected chi connectivity index (χ0v) is 18.5. The first-order valence-electron chi connectivity index (χ1n) is 9.33. The van der Waals surface area contributed by atoms with Crippen LogP contribution >= 0.6 is 11.3 Å². The van der Waals surface area contributed by atoms with Gasteiger partial charge >= 0.3 is 12.1 Å². The van der Waals surface area contributed by atoms with E-state index in [-0.39, 0.29) is 41.5 Å². The SMILES string of the molecule is COC(=O)c1csc(S(=O)(=O)N2CCN(C(=O)/C=C/c3cccc(C(F)(F)F)c3)CC2)c1. The summed E-state index contributed by atoms with van der Waals surface area (Å²) < 4.78 is 69.8. The number of amides is 1. The Morgan fingerprint density at radius 2 is 1.81 bits per heavy atom. The minimum absolute atomic E-state index is 0.00196. The van der Waals surface area contributed by atoms with Gasteiger partial charge in [0.25, 0.3) is 10.0 Å². The molecule has 1 aromatic heterocycles. The maximum absolute atomic E-state index is 12.8. The number of alkyl halides is 3. The zero-order valence-electron chi connectivity index (χ0n) is 16.8. The summed E-state index contributed by atoms with van der Waals surface area (Å²) in [7, 11) is -2.62. The van der Waals surface area contributed by atoms with Crippen LogP contribution in [-0.4, -0.2) is 62.8 Å². The van der Waals surface area contributed by atoms with Gasteiger partial charge in [0.1, 0.15) is 4.21 Å². The first-order valence-corrected chi connectivity index (χ1v) is 11.7. The van der Waals surface area contributed by atoms with E-state index in [1.54, 1.807) is 0 Å². The fraction of sp³-hybridized carbons (Fsp3) is 0.300. The van der Waals surface area contributed by atoms with Crippen molar-refractivity contribution in [3.05, 3.63) is 58.5 Å². The second kappa shape index (κ2) is 9.43. The highest BCUT2D eigenvalue weighted by Gasteiger charge is 2.32. The fourth-order valence-corrected chi connectivity index (χ4v) is 5.77. The quantitative estimate of drug-likeness (QED) is 0.477. The number of thiophene rings is 1. The Hall–Kier alpha value is -2.70. The highest BCUT2D eigenvalue weighted by Crippen LogP contribution is 2.30. The van der Waals surface area contributed by atoms with Gasteiger partial charge < -0.3 is 9.64 Å². The van der Waals surface area contributed by atoms with Crippen molar-refractivity contribution in [3.63, 3.8) is 0 Å². The average molecular weight is 489 g/mol. The van der Waals surface area contributed by atoms with E-state index in [2.05, 4.69) is 4.74 Å². The third-order valence-corrected chi connectivity index (χ3v) is 8.09. The van der Waals surface area contributed by atoms with E-state index in [1.165, 1.54) is 52.0 Å². The Labute approximate surface area is 186 Å². The van der Waals surface area contributed by atoms with E-state index in [0.717, 1.165) is 23.5 Å². The van der Waals surface area contributed by atoms with Crippen LogP contribution in [0.15, 0.2) is 46.0 Å². The Bertz CT molecular complexity index is 1130. The molecule has 2 heterocycles. The van der Waals surface area contributed by atoms with Crippen molar-refractivity contribution in [2.45, 2.75) is 10.4 Å². The number of piperazine rings is 1. The first kappa shape index (κ1) is 24.0. The maximum atomic E-state index is 12.8. The standard InChI is InChI=1S/C20H19F3N2O5S2/c1-30-19(27)15-12-18(31-13-15)32(28,29)25-9-7-24(8-10-25)17(26)6-5-14-3-2-4-16(11-14)20(21,22)23/h2-6,11-13H,7-10H2,1H3/b6-5+. The van der Waals surface area contributed by atoms with E-state index in [9.17, 15) is 31.2 Å². The van der Waals surface area contributed by atoms with Crippen LogP contribution in [0.2, 0.25) is 0 Å². The number of esters is 1. The number of ether oxygens (including phenoxy) is 1. The van der Waals surface area contributed by atoms with Crippen LogP contribution < -0.4 is 0 Å². The monoisotopic (exact) mass is 488 g/mol. The molecule has 1 saturated heterocycles. The van der Waals surface area contributed by atoms with Gasteiger partial charge in [-0.1, -0.05) is 12.1 Å². The van der Waals surface area contributed by atoms with Crippen molar-refractivity contribution in [2.24, 2.45) is 0 Å². The maximum Gasteiger partial charge on any atom is 0.416 e. The van der Waals surface area contributed by atoms with Gasteiger partial charge in [-0.15, -0.1) is 11.3 Å². The highest BCUT2D eigenvalue weighted by atomic mass is 32.2. The van der Waals surface area contributed by atoms with Crippen LogP contribution in [0.4, 0.5) is 13.2 Å².